The quantitative estimate of drug-likeness (QED) is 0.777. The Balaban J connectivity index is 1.79. The number of hydrogen-bond donors (Lipinski definition) is 0. The lowest BCUT2D eigenvalue weighted by molar-refractivity contribution is -0.147. The van der Waals surface area contributed by atoms with Crippen molar-refractivity contribution in [3.8, 4) is 0 Å². The van der Waals surface area contributed by atoms with Crippen LogP contribution in [-0.2, 0) is 14.3 Å². The maximum atomic E-state index is 11.7. The molecule has 0 unspecified atom stereocenters. The molecule has 0 saturated carbocycles. The Morgan fingerprint density at radius 2 is 2.00 bits per heavy atom. The van der Waals surface area contributed by atoms with Crippen LogP contribution in [-0.4, -0.2) is 34.8 Å². The van der Waals surface area contributed by atoms with Crippen LogP contribution in [0.4, 0.5) is 0 Å². The number of esters is 1. The zero-order valence-corrected chi connectivity index (χ0v) is 14.5. The van der Waals surface area contributed by atoms with E-state index in [2.05, 4.69) is 47.8 Å². The van der Waals surface area contributed by atoms with E-state index in [1.54, 1.807) is 0 Å². The van der Waals surface area contributed by atoms with Crippen LogP contribution in [0.2, 0.25) is 0 Å². The van der Waals surface area contributed by atoms with Crippen LogP contribution < -0.4 is 0 Å². The molecule has 2 saturated heterocycles. The molecular formula is C17H22O3S2. The van der Waals surface area contributed by atoms with Gasteiger partial charge >= 0.3 is 5.97 Å². The monoisotopic (exact) mass is 338 g/mol. The van der Waals surface area contributed by atoms with Crippen molar-refractivity contribution in [3.63, 3.8) is 0 Å². The van der Waals surface area contributed by atoms with Gasteiger partial charge in [-0.05, 0) is 29.9 Å². The van der Waals surface area contributed by atoms with E-state index in [-0.39, 0.29) is 22.3 Å². The first-order chi connectivity index (χ1) is 10.7. The van der Waals surface area contributed by atoms with E-state index >= 15 is 0 Å². The topological polar surface area (TPSA) is 35.5 Å². The molecule has 5 heteroatoms. The van der Waals surface area contributed by atoms with Crippen LogP contribution in [0.3, 0.4) is 0 Å². The van der Waals surface area contributed by atoms with Crippen LogP contribution in [0.5, 0.6) is 0 Å². The highest BCUT2D eigenvalue weighted by atomic mass is 32.2. The Bertz CT molecular complexity index is 500. The number of thioether (sulfide) groups is 2. The summed E-state index contributed by atoms with van der Waals surface area (Å²) in [6.07, 6.45) is 3.59. The Morgan fingerprint density at radius 1 is 1.27 bits per heavy atom. The van der Waals surface area contributed by atoms with Gasteiger partial charge in [0.2, 0.25) is 0 Å². The van der Waals surface area contributed by atoms with Gasteiger partial charge in [0.15, 0.2) is 0 Å². The van der Waals surface area contributed by atoms with Gasteiger partial charge in [-0.3, -0.25) is 4.79 Å². The zero-order valence-electron chi connectivity index (χ0n) is 12.8. The fraction of sp³-hybridized carbons (Fsp3) is 0.588. The van der Waals surface area contributed by atoms with Crippen molar-refractivity contribution in [1.82, 2.24) is 0 Å². The number of benzene rings is 1. The molecule has 22 heavy (non-hydrogen) atoms. The minimum atomic E-state index is -0.181. The van der Waals surface area contributed by atoms with Gasteiger partial charge < -0.3 is 9.47 Å². The summed E-state index contributed by atoms with van der Waals surface area (Å²) < 4.78 is 11.3. The van der Waals surface area contributed by atoms with Crippen LogP contribution >= 0.6 is 23.5 Å². The molecule has 0 aromatic heterocycles. The minimum Gasteiger partial charge on any atom is -0.469 e. The van der Waals surface area contributed by atoms with Crippen LogP contribution in [0.15, 0.2) is 30.3 Å². The van der Waals surface area contributed by atoms with Crippen molar-refractivity contribution < 1.29 is 14.3 Å². The predicted octanol–water partition coefficient (Wildman–Crippen LogP) is 4.04. The molecule has 0 aliphatic carbocycles. The van der Waals surface area contributed by atoms with Gasteiger partial charge in [-0.2, -0.15) is 0 Å². The van der Waals surface area contributed by atoms with Gasteiger partial charge in [0.25, 0.3) is 0 Å². The summed E-state index contributed by atoms with van der Waals surface area (Å²) >= 11 is 4.11. The van der Waals surface area contributed by atoms with Gasteiger partial charge in [-0.15, -0.1) is 23.5 Å². The standard InChI is InChI=1S/C17H22O3S2/c1-19-16(18)10-14-11-17(21-8-5-9-22-17)12-15(20-14)13-6-3-2-4-7-13/h2-4,6-7,14-15H,5,8-12H2,1H3/t14-,15-/m0/s1. The molecular weight excluding hydrogens is 316 g/mol. The Labute approximate surface area is 140 Å². The molecule has 2 heterocycles. The highest BCUT2D eigenvalue weighted by Gasteiger charge is 2.44. The number of carbonyl (C=O) groups excluding carboxylic acids is 1. The summed E-state index contributed by atoms with van der Waals surface area (Å²) in [6, 6.07) is 10.4. The molecule has 2 aliphatic heterocycles. The maximum Gasteiger partial charge on any atom is 0.308 e. The molecule has 0 amide bonds. The van der Waals surface area contributed by atoms with E-state index < -0.39 is 0 Å². The van der Waals surface area contributed by atoms with Crippen molar-refractivity contribution in [2.24, 2.45) is 0 Å². The molecule has 1 spiro atoms. The van der Waals surface area contributed by atoms with Crippen molar-refractivity contribution in [2.45, 2.75) is 42.0 Å². The third kappa shape index (κ3) is 3.81. The molecule has 3 rings (SSSR count). The second-order valence-corrected chi connectivity index (χ2v) is 9.02. The van der Waals surface area contributed by atoms with Gasteiger partial charge in [0.05, 0.1) is 29.8 Å². The average molecular weight is 338 g/mol. The smallest absolute Gasteiger partial charge is 0.308 e. The fourth-order valence-corrected chi connectivity index (χ4v) is 6.63. The second kappa shape index (κ2) is 7.28. The summed E-state index contributed by atoms with van der Waals surface area (Å²) in [5.41, 5.74) is 1.21. The number of methoxy groups -OCH3 is 1. The molecule has 0 N–H and O–H groups in total. The molecule has 120 valence electrons. The number of ether oxygens (including phenoxy) is 2. The summed E-state index contributed by atoms with van der Waals surface area (Å²) in [6.45, 7) is 0. The van der Waals surface area contributed by atoms with Crippen LogP contribution in [0.1, 0.15) is 37.4 Å². The van der Waals surface area contributed by atoms with Crippen molar-refractivity contribution >= 4 is 29.5 Å². The number of hydrogen-bond acceptors (Lipinski definition) is 5. The third-order valence-corrected chi connectivity index (χ3v) is 7.62. The van der Waals surface area contributed by atoms with E-state index in [1.165, 1.54) is 30.6 Å². The van der Waals surface area contributed by atoms with E-state index in [4.69, 9.17) is 9.47 Å². The lowest BCUT2D eigenvalue weighted by atomic mass is 9.96. The van der Waals surface area contributed by atoms with E-state index in [0.717, 1.165) is 12.8 Å². The highest BCUT2D eigenvalue weighted by Crippen LogP contribution is 2.54. The SMILES string of the molecule is COC(=O)C[C@H]1CC2(C[C@@H](c3ccccc3)O1)SCCCS2. The van der Waals surface area contributed by atoms with E-state index in [1.807, 2.05) is 6.07 Å². The van der Waals surface area contributed by atoms with E-state index in [9.17, 15) is 4.79 Å². The third-order valence-electron chi connectivity index (χ3n) is 4.20. The lowest BCUT2D eigenvalue weighted by Gasteiger charge is -2.45. The molecule has 3 nitrogen and oxygen atoms in total. The Morgan fingerprint density at radius 3 is 2.68 bits per heavy atom. The predicted molar refractivity (Wildman–Crippen MR) is 92.2 cm³/mol. The van der Waals surface area contributed by atoms with Crippen LogP contribution in [0, 0.1) is 0 Å². The molecule has 0 radical (unpaired) electrons. The summed E-state index contributed by atoms with van der Waals surface area (Å²) in [5, 5.41) is 0. The number of rotatable bonds is 3. The summed E-state index contributed by atoms with van der Waals surface area (Å²) in [7, 11) is 1.44. The molecule has 2 fully saturated rings. The number of carbonyl (C=O) groups is 1. The van der Waals surface area contributed by atoms with Crippen molar-refractivity contribution in [3.05, 3.63) is 35.9 Å². The van der Waals surface area contributed by atoms with Crippen molar-refractivity contribution in [2.75, 3.05) is 18.6 Å². The molecule has 1 aromatic rings. The minimum absolute atomic E-state index is 0.0514. The van der Waals surface area contributed by atoms with Gasteiger partial charge in [-0.1, -0.05) is 30.3 Å². The fourth-order valence-electron chi connectivity index (χ4n) is 3.15. The average Bonchev–Trinajstić information content (AvgIpc) is 2.56. The zero-order chi connectivity index (χ0) is 15.4. The highest BCUT2D eigenvalue weighted by molar-refractivity contribution is 8.18. The molecule has 1 aromatic carbocycles. The first-order valence-corrected chi connectivity index (χ1v) is 9.73. The Hall–Kier alpha value is -0.650. The molecule has 0 bridgehead atoms. The van der Waals surface area contributed by atoms with Crippen molar-refractivity contribution in [1.29, 1.82) is 0 Å². The first kappa shape index (κ1) is 16.2. The summed E-state index contributed by atoms with van der Waals surface area (Å²) in [4.78, 5) is 11.7. The van der Waals surface area contributed by atoms with Gasteiger partial charge in [-0.25, -0.2) is 0 Å². The maximum absolute atomic E-state index is 11.7. The normalized spacial score (nSPS) is 27.5. The second-order valence-electron chi connectivity index (χ2n) is 5.81. The largest absolute Gasteiger partial charge is 0.469 e. The van der Waals surface area contributed by atoms with Crippen LogP contribution in [0.25, 0.3) is 0 Å². The van der Waals surface area contributed by atoms with E-state index in [0.29, 0.717) is 6.42 Å². The summed E-state index contributed by atoms with van der Waals surface area (Å²) in [5.74, 6) is 2.23. The van der Waals surface area contributed by atoms with Gasteiger partial charge in [0.1, 0.15) is 0 Å². The molecule has 2 aliphatic rings. The lowest BCUT2D eigenvalue weighted by Crippen LogP contribution is -2.40. The molecule has 2 atom stereocenters. The Kier molecular flexibility index (Phi) is 5.37. The first-order valence-electron chi connectivity index (χ1n) is 7.76. The van der Waals surface area contributed by atoms with Gasteiger partial charge in [0, 0.05) is 6.42 Å².